The minimum absolute atomic E-state index is 0.620. The van der Waals surface area contributed by atoms with Crippen molar-refractivity contribution < 1.29 is 0 Å². The lowest BCUT2D eigenvalue weighted by atomic mass is 9.96. The highest BCUT2D eigenvalue weighted by molar-refractivity contribution is 7.11. The molecule has 1 heterocycles. The number of aryl methyl sites for hydroxylation is 2. The second-order valence-electron chi connectivity index (χ2n) is 4.50. The molecule has 0 spiro atoms. The number of nitrogens with one attached hydrogen (secondary N) is 1. The fraction of sp³-hybridized carbons (Fsp3) is 0.769. The van der Waals surface area contributed by atoms with Crippen molar-refractivity contribution in [1.29, 1.82) is 0 Å². The van der Waals surface area contributed by atoms with Crippen LogP contribution in [0, 0.1) is 19.8 Å². The van der Waals surface area contributed by atoms with E-state index in [-0.39, 0.29) is 0 Å². The van der Waals surface area contributed by atoms with Crippen molar-refractivity contribution in [2.24, 2.45) is 5.92 Å². The zero-order valence-corrected chi connectivity index (χ0v) is 11.9. The number of rotatable bonds is 6. The monoisotopic (exact) mass is 240 g/mol. The second kappa shape index (κ2) is 6.36. The predicted octanol–water partition coefficient (Wildman–Crippen LogP) is 3.33. The Bertz CT molecular complexity index is 300. The van der Waals surface area contributed by atoms with Gasteiger partial charge in [0.25, 0.3) is 0 Å². The first kappa shape index (κ1) is 13.7. The van der Waals surface area contributed by atoms with Crippen LogP contribution >= 0.6 is 11.3 Å². The fourth-order valence-corrected chi connectivity index (χ4v) is 3.13. The smallest absolute Gasteiger partial charge is 0.0934 e. The molecule has 0 aromatic carbocycles. The Labute approximate surface area is 103 Å². The van der Waals surface area contributed by atoms with Gasteiger partial charge in [0.1, 0.15) is 0 Å². The van der Waals surface area contributed by atoms with Gasteiger partial charge in [-0.1, -0.05) is 20.8 Å². The van der Waals surface area contributed by atoms with E-state index in [0.717, 1.165) is 13.0 Å². The van der Waals surface area contributed by atoms with Crippen molar-refractivity contribution in [3.8, 4) is 0 Å². The van der Waals surface area contributed by atoms with Crippen LogP contribution in [0.4, 0.5) is 0 Å². The fourth-order valence-electron chi connectivity index (χ4n) is 2.05. The van der Waals surface area contributed by atoms with Gasteiger partial charge >= 0.3 is 0 Å². The first-order valence-corrected chi connectivity index (χ1v) is 7.06. The minimum Gasteiger partial charge on any atom is -0.314 e. The van der Waals surface area contributed by atoms with E-state index in [9.17, 15) is 0 Å². The summed E-state index contributed by atoms with van der Waals surface area (Å²) in [7, 11) is 0. The third kappa shape index (κ3) is 3.56. The van der Waals surface area contributed by atoms with Gasteiger partial charge in [0.05, 0.1) is 10.7 Å². The molecule has 0 bridgehead atoms. The lowest BCUT2D eigenvalue weighted by Gasteiger charge is -2.22. The molecule has 2 unspecified atom stereocenters. The molecule has 0 aliphatic rings. The van der Waals surface area contributed by atoms with Gasteiger partial charge in [-0.2, -0.15) is 0 Å². The van der Waals surface area contributed by atoms with E-state index in [2.05, 4.69) is 44.9 Å². The molecule has 0 aliphatic heterocycles. The number of aromatic nitrogens is 1. The van der Waals surface area contributed by atoms with Crippen LogP contribution in [0.5, 0.6) is 0 Å². The summed E-state index contributed by atoms with van der Waals surface area (Å²) in [6, 6.07) is 0.620. The molecule has 16 heavy (non-hydrogen) atoms. The molecule has 0 fully saturated rings. The molecule has 0 radical (unpaired) electrons. The first-order chi connectivity index (χ1) is 7.58. The highest BCUT2D eigenvalue weighted by Gasteiger charge is 2.16. The van der Waals surface area contributed by atoms with Gasteiger partial charge in [0.15, 0.2) is 0 Å². The molecule has 3 heteroatoms. The van der Waals surface area contributed by atoms with Crippen LogP contribution in [0.25, 0.3) is 0 Å². The Balaban J connectivity index is 2.58. The summed E-state index contributed by atoms with van der Waals surface area (Å²) < 4.78 is 0. The quantitative estimate of drug-likeness (QED) is 0.825. The minimum atomic E-state index is 0.620. The van der Waals surface area contributed by atoms with Crippen LogP contribution < -0.4 is 5.32 Å². The van der Waals surface area contributed by atoms with Crippen molar-refractivity contribution in [2.45, 2.75) is 53.5 Å². The van der Waals surface area contributed by atoms with Crippen molar-refractivity contribution in [2.75, 3.05) is 6.54 Å². The van der Waals surface area contributed by atoms with Crippen molar-refractivity contribution >= 4 is 11.3 Å². The molecule has 92 valence electrons. The van der Waals surface area contributed by atoms with Crippen LogP contribution in [-0.4, -0.2) is 17.6 Å². The zero-order valence-electron chi connectivity index (χ0n) is 11.1. The van der Waals surface area contributed by atoms with Gasteiger partial charge in [-0.05, 0) is 32.7 Å². The molecule has 0 aliphatic carbocycles. The molecule has 1 rings (SSSR count). The van der Waals surface area contributed by atoms with Crippen LogP contribution in [0.15, 0.2) is 0 Å². The first-order valence-electron chi connectivity index (χ1n) is 6.24. The third-order valence-corrected chi connectivity index (χ3v) is 4.26. The molecular formula is C13H24N2S. The van der Waals surface area contributed by atoms with E-state index in [1.165, 1.54) is 22.0 Å². The number of hydrogen-bond donors (Lipinski definition) is 1. The van der Waals surface area contributed by atoms with Gasteiger partial charge in [0, 0.05) is 17.3 Å². The maximum absolute atomic E-state index is 4.62. The topological polar surface area (TPSA) is 24.9 Å². The SMILES string of the molecule is CCNC(CC)C(C)Cc1nc(C)c(C)s1. The normalized spacial score (nSPS) is 15.1. The lowest BCUT2D eigenvalue weighted by molar-refractivity contribution is 0.370. The summed E-state index contributed by atoms with van der Waals surface area (Å²) in [5.41, 5.74) is 1.20. The summed E-state index contributed by atoms with van der Waals surface area (Å²) in [4.78, 5) is 5.98. The van der Waals surface area contributed by atoms with E-state index in [1.54, 1.807) is 0 Å². The Morgan fingerprint density at radius 2 is 2.00 bits per heavy atom. The van der Waals surface area contributed by atoms with Crippen molar-refractivity contribution in [3.63, 3.8) is 0 Å². The van der Waals surface area contributed by atoms with Crippen LogP contribution in [0.1, 0.15) is 42.8 Å². The summed E-state index contributed by atoms with van der Waals surface area (Å²) in [5.74, 6) is 0.662. The Morgan fingerprint density at radius 1 is 1.31 bits per heavy atom. The Hall–Kier alpha value is -0.410. The van der Waals surface area contributed by atoms with E-state index in [4.69, 9.17) is 0 Å². The molecule has 2 nitrogen and oxygen atoms in total. The third-order valence-electron chi connectivity index (χ3n) is 3.16. The van der Waals surface area contributed by atoms with E-state index < -0.39 is 0 Å². The molecule has 0 amide bonds. The summed E-state index contributed by atoms with van der Waals surface area (Å²) >= 11 is 1.85. The maximum atomic E-state index is 4.62. The molecule has 2 atom stereocenters. The summed E-state index contributed by atoms with van der Waals surface area (Å²) in [5, 5.41) is 4.84. The standard InChI is InChI=1S/C13H24N2S/c1-6-12(14-7-2)9(3)8-13-15-10(4)11(5)16-13/h9,12,14H,6-8H2,1-5H3. The average molecular weight is 240 g/mol. The van der Waals surface area contributed by atoms with E-state index in [0.29, 0.717) is 12.0 Å². The number of hydrogen-bond acceptors (Lipinski definition) is 3. The lowest BCUT2D eigenvalue weighted by Crippen LogP contribution is -2.35. The largest absolute Gasteiger partial charge is 0.314 e. The molecule has 1 N–H and O–H groups in total. The van der Waals surface area contributed by atoms with Crippen LogP contribution in [-0.2, 0) is 6.42 Å². The van der Waals surface area contributed by atoms with Gasteiger partial charge in [-0.3, -0.25) is 0 Å². The van der Waals surface area contributed by atoms with Gasteiger partial charge in [0.2, 0.25) is 0 Å². The number of thiazole rings is 1. The highest BCUT2D eigenvalue weighted by atomic mass is 32.1. The molecular weight excluding hydrogens is 216 g/mol. The number of nitrogens with zero attached hydrogens (tertiary/aromatic N) is 1. The highest BCUT2D eigenvalue weighted by Crippen LogP contribution is 2.21. The van der Waals surface area contributed by atoms with Gasteiger partial charge in [-0.15, -0.1) is 11.3 Å². The second-order valence-corrected chi connectivity index (χ2v) is 5.79. The summed E-state index contributed by atoms with van der Waals surface area (Å²) in [6.07, 6.45) is 2.29. The molecule has 0 saturated heterocycles. The zero-order chi connectivity index (χ0) is 12.1. The van der Waals surface area contributed by atoms with Crippen LogP contribution in [0.2, 0.25) is 0 Å². The van der Waals surface area contributed by atoms with E-state index in [1.807, 2.05) is 11.3 Å². The van der Waals surface area contributed by atoms with E-state index >= 15 is 0 Å². The van der Waals surface area contributed by atoms with Gasteiger partial charge in [-0.25, -0.2) is 4.98 Å². The van der Waals surface area contributed by atoms with Crippen LogP contribution in [0.3, 0.4) is 0 Å². The van der Waals surface area contributed by atoms with Crippen molar-refractivity contribution in [3.05, 3.63) is 15.6 Å². The average Bonchev–Trinajstić information content (AvgIpc) is 2.54. The Kier molecular flexibility index (Phi) is 5.42. The Morgan fingerprint density at radius 3 is 2.44 bits per heavy atom. The molecule has 1 aromatic rings. The predicted molar refractivity (Wildman–Crippen MR) is 72.2 cm³/mol. The molecule has 0 saturated carbocycles. The maximum Gasteiger partial charge on any atom is 0.0934 e. The summed E-state index contributed by atoms with van der Waals surface area (Å²) in [6.45, 7) is 12.1. The van der Waals surface area contributed by atoms with Crippen molar-refractivity contribution in [1.82, 2.24) is 10.3 Å². The van der Waals surface area contributed by atoms with Gasteiger partial charge < -0.3 is 5.32 Å². The molecule has 1 aromatic heterocycles.